The third-order valence-electron chi connectivity index (χ3n) is 2.84. The van der Waals surface area contributed by atoms with Crippen molar-refractivity contribution in [2.45, 2.75) is 0 Å². The predicted molar refractivity (Wildman–Crippen MR) is 197 cm³/mol. The molecule has 0 aliphatic rings. The standard InChI is InChI=1S/C17H33N3O4S13/c1-25-2-18-5-37(24)16-34-13-32-11-31-12-33-14-35-17(22)20-4-27-9-30-10-29-8-26-3-19-6-36(23)15-28-7-21/h5-6,21H,2-4,7-16H2,1H3,(H,20,22). The van der Waals surface area contributed by atoms with E-state index >= 15 is 0 Å². The lowest BCUT2D eigenvalue weighted by molar-refractivity contribution is 0.262. The van der Waals surface area contributed by atoms with Gasteiger partial charge in [0.2, 0.25) is 0 Å². The highest BCUT2D eigenvalue weighted by Crippen LogP contribution is 2.24. The Kier molecular flexibility index (Phi) is 36.1. The first kappa shape index (κ1) is 39.9. The maximum atomic E-state index is 11.9. The molecule has 0 aliphatic carbocycles. The molecule has 0 rings (SSSR count). The molecule has 2 atom stereocenters. The van der Waals surface area contributed by atoms with Crippen molar-refractivity contribution < 1.29 is 18.3 Å². The van der Waals surface area contributed by atoms with Crippen LogP contribution in [0.2, 0.25) is 0 Å². The average Bonchev–Trinajstić information content (AvgIpc) is 2.89. The first-order valence-electron chi connectivity index (χ1n) is 10.0. The van der Waals surface area contributed by atoms with E-state index in [-0.39, 0.29) is 11.2 Å². The first-order chi connectivity index (χ1) is 18.1. The zero-order valence-electron chi connectivity index (χ0n) is 20.2. The van der Waals surface area contributed by atoms with E-state index in [9.17, 15) is 13.2 Å². The molecule has 0 saturated heterocycles. The van der Waals surface area contributed by atoms with Crippen LogP contribution in [0.25, 0.3) is 0 Å². The lowest BCUT2D eigenvalue weighted by Crippen LogP contribution is -2.17. The Balaban J connectivity index is 3.31. The zero-order valence-corrected chi connectivity index (χ0v) is 30.8. The molecule has 0 aromatic rings. The lowest BCUT2D eigenvalue weighted by atomic mass is 11.2. The van der Waals surface area contributed by atoms with E-state index < -0.39 is 21.6 Å². The monoisotopic (exact) mass is 759 g/mol. The Hall–Kier alpha value is 2.92. The van der Waals surface area contributed by atoms with E-state index in [1.807, 2.05) is 53.3 Å². The van der Waals surface area contributed by atoms with Crippen LogP contribution in [0.5, 0.6) is 0 Å². The molecule has 0 aliphatic heterocycles. The maximum absolute atomic E-state index is 11.9. The van der Waals surface area contributed by atoms with Gasteiger partial charge in [0.15, 0.2) is 0 Å². The topological polar surface area (TPSA) is 108 Å². The minimum absolute atomic E-state index is 0.0195. The van der Waals surface area contributed by atoms with E-state index in [1.165, 1.54) is 29.1 Å². The van der Waals surface area contributed by atoms with Crippen LogP contribution in [0.15, 0.2) is 9.98 Å². The second-order valence-electron chi connectivity index (χ2n) is 5.66. The summed E-state index contributed by atoms with van der Waals surface area (Å²) in [5, 5.41) is 19.1. The fourth-order valence-corrected chi connectivity index (χ4v) is 14.7. The molecule has 0 bridgehead atoms. The van der Waals surface area contributed by atoms with Gasteiger partial charge in [-0.1, -0.05) is 11.8 Å². The van der Waals surface area contributed by atoms with Gasteiger partial charge in [0, 0.05) is 35.6 Å². The average molecular weight is 760 g/mol. The molecule has 0 saturated carbocycles. The number of nitrogens with one attached hydrogen (secondary N) is 1. The van der Waals surface area contributed by atoms with Crippen LogP contribution in [0, 0.1) is 0 Å². The summed E-state index contributed by atoms with van der Waals surface area (Å²) in [6.07, 6.45) is 1.97. The molecule has 0 heterocycles. The van der Waals surface area contributed by atoms with Crippen molar-refractivity contribution in [2.75, 3.05) is 75.6 Å². The maximum Gasteiger partial charge on any atom is 0.280 e. The van der Waals surface area contributed by atoms with Crippen LogP contribution in [-0.2, 0) is 21.6 Å². The van der Waals surface area contributed by atoms with Gasteiger partial charge in [-0.3, -0.25) is 23.2 Å². The highest BCUT2D eigenvalue weighted by atomic mass is 32.3. The molecule has 0 radical (unpaired) electrons. The van der Waals surface area contributed by atoms with Crippen LogP contribution < -0.4 is 5.32 Å². The second-order valence-corrected chi connectivity index (χ2v) is 22.1. The van der Waals surface area contributed by atoms with Gasteiger partial charge >= 0.3 is 0 Å². The van der Waals surface area contributed by atoms with Gasteiger partial charge < -0.3 is 10.4 Å². The molecule has 0 spiro atoms. The summed E-state index contributed by atoms with van der Waals surface area (Å²) < 4.78 is 23.1. The fraction of sp³-hybridized carbons (Fsp3) is 0.824. The van der Waals surface area contributed by atoms with E-state index in [0.29, 0.717) is 27.8 Å². The van der Waals surface area contributed by atoms with Crippen molar-refractivity contribution in [3.63, 3.8) is 0 Å². The number of amides is 1. The molecule has 218 valence electrons. The van der Waals surface area contributed by atoms with Gasteiger partial charge in [0.05, 0.1) is 66.4 Å². The number of aliphatic hydroxyl groups is 1. The molecule has 0 aromatic heterocycles. The first-order valence-corrected chi connectivity index (χ1v) is 25.6. The van der Waals surface area contributed by atoms with Crippen molar-refractivity contribution in [1.82, 2.24) is 5.32 Å². The van der Waals surface area contributed by atoms with Gasteiger partial charge in [-0.25, -0.2) is 0 Å². The smallest absolute Gasteiger partial charge is 0.280 e. The number of hydrogen-bond donors (Lipinski definition) is 2. The molecular weight excluding hydrogens is 727 g/mol. The van der Waals surface area contributed by atoms with E-state index in [2.05, 4.69) is 15.3 Å². The third kappa shape index (κ3) is 33.3. The molecule has 1 amide bonds. The van der Waals surface area contributed by atoms with E-state index in [1.54, 1.807) is 64.4 Å². The highest BCUT2D eigenvalue weighted by Gasteiger charge is 2.02. The molecule has 2 unspecified atom stereocenters. The Morgan fingerprint density at radius 3 is 1.86 bits per heavy atom. The number of aliphatic imine (C=N–C) groups is 2. The van der Waals surface area contributed by atoms with Crippen LogP contribution in [0.4, 0.5) is 4.79 Å². The molecule has 2 N–H and O–H groups in total. The summed E-state index contributed by atoms with van der Waals surface area (Å²) in [7, 11) is -2.08. The molecular formula is C17H33N3O4S13. The summed E-state index contributed by atoms with van der Waals surface area (Å²) in [5.41, 5.74) is 3.00. The number of carbonyl (C=O) groups excluding carboxylic acids is 1. The van der Waals surface area contributed by atoms with Gasteiger partial charge in [-0.15, -0.1) is 118 Å². The second kappa shape index (κ2) is 33.4. The number of carbonyl (C=O) groups is 1. The lowest BCUT2D eigenvalue weighted by Gasteiger charge is -2.05. The quantitative estimate of drug-likeness (QED) is 0.0418. The zero-order chi connectivity index (χ0) is 27.2. The van der Waals surface area contributed by atoms with Crippen molar-refractivity contribution in [2.24, 2.45) is 9.98 Å². The summed E-state index contributed by atoms with van der Waals surface area (Å²) in [5.74, 6) is 1.87. The Morgan fingerprint density at radius 2 is 1.24 bits per heavy atom. The van der Waals surface area contributed by atoms with E-state index in [4.69, 9.17) is 5.11 Å². The van der Waals surface area contributed by atoms with Gasteiger partial charge in [0.1, 0.15) is 0 Å². The third-order valence-corrected chi connectivity index (χ3v) is 17.6. The number of nitrogens with zero attached hydrogens (tertiary/aromatic N) is 2. The number of hydrogen-bond acceptors (Lipinski definition) is 17. The Labute approximate surface area is 273 Å². The molecule has 0 aromatic carbocycles. The van der Waals surface area contributed by atoms with Gasteiger partial charge in [-0.2, -0.15) is 0 Å². The molecule has 7 nitrogen and oxygen atoms in total. The Bertz CT molecular complexity index is 650. The summed E-state index contributed by atoms with van der Waals surface area (Å²) in [4.78, 5) is 20.1. The normalized spacial score (nSPS) is 13.5. The van der Waals surface area contributed by atoms with Crippen LogP contribution >= 0.6 is 129 Å². The van der Waals surface area contributed by atoms with Crippen molar-refractivity contribution in [3.8, 4) is 0 Å². The predicted octanol–water partition coefficient (Wildman–Crippen LogP) is 6.38. The molecule has 37 heavy (non-hydrogen) atoms. The van der Waals surface area contributed by atoms with Crippen molar-refractivity contribution in [1.29, 1.82) is 0 Å². The molecule has 20 heteroatoms. The van der Waals surface area contributed by atoms with Crippen LogP contribution in [-0.4, -0.2) is 105 Å². The largest absolute Gasteiger partial charge is 0.386 e. The van der Waals surface area contributed by atoms with Crippen LogP contribution in [0.1, 0.15) is 0 Å². The highest BCUT2D eigenvalue weighted by molar-refractivity contribution is 8.30. The minimum atomic E-state index is -1.11. The summed E-state index contributed by atoms with van der Waals surface area (Å²) in [6.45, 7) is 0. The van der Waals surface area contributed by atoms with Crippen molar-refractivity contribution in [3.05, 3.63) is 0 Å². The van der Waals surface area contributed by atoms with Gasteiger partial charge in [0.25, 0.3) is 5.24 Å². The summed E-state index contributed by atoms with van der Waals surface area (Å²) >= 11 is 18.3. The van der Waals surface area contributed by atoms with Gasteiger partial charge in [-0.05, 0) is 6.26 Å². The SMILES string of the molecule is CSCN=CS(=O)CSCSCSCSCSC(=O)NCSCSCSCSCN=CS(=O)CSCO. The number of thioether (sulfide) groups is 11. The summed E-state index contributed by atoms with van der Waals surface area (Å²) in [6, 6.07) is 0. The number of aliphatic hydroxyl groups excluding tert-OH is 1. The molecule has 0 fully saturated rings. The number of rotatable bonds is 27. The fourth-order valence-electron chi connectivity index (χ4n) is 1.51. The minimum Gasteiger partial charge on any atom is -0.386 e. The van der Waals surface area contributed by atoms with Crippen molar-refractivity contribution >= 4 is 167 Å². The van der Waals surface area contributed by atoms with E-state index in [0.717, 1.165) is 35.6 Å². The Morgan fingerprint density at radius 1 is 0.730 bits per heavy atom. The van der Waals surface area contributed by atoms with Crippen LogP contribution in [0.3, 0.4) is 0 Å².